The first-order valence-corrected chi connectivity index (χ1v) is 7.95. The van der Waals surface area contributed by atoms with Crippen LogP contribution in [0.3, 0.4) is 0 Å². The molecule has 2 amide bonds. The van der Waals surface area contributed by atoms with Crippen molar-refractivity contribution >= 4 is 12.0 Å². The number of rotatable bonds is 4. The third-order valence-electron chi connectivity index (χ3n) is 4.76. The van der Waals surface area contributed by atoms with Crippen molar-refractivity contribution < 1.29 is 14.7 Å². The Hall–Kier alpha value is -1.26. The molecule has 0 bridgehead atoms. The second kappa shape index (κ2) is 7.14. The molecule has 1 aliphatic heterocycles. The van der Waals surface area contributed by atoms with Crippen molar-refractivity contribution in [3.8, 4) is 0 Å². The molecule has 0 aliphatic carbocycles. The van der Waals surface area contributed by atoms with Crippen LogP contribution in [-0.4, -0.2) is 41.1 Å². The number of carboxylic acid groups (broad SMARTS) is 1. The van der Waals surface area contributed by atoms with E-state index in [4.69, 9.17) is 0 Å². The minimum atomic E-state index is -0.956. The summed E-state index contributed by atoms with van der Waals surface area (Å²) in [5.74, 6) is -0.410. The maximum atomic E-state index is 12.2. The molecule has 0 aromatic heterocycles. The van der Waals surface area contributed by atoms with Gasteiger partial charge in [-0.05, 0) is 30.1 Å². The molecule has 5 nitrogen and oxygen atoms in total. The Balaban J connectivity index is 2.55. The van der Waals surface area contributed by atoms with Crippen molar-refractivity contribution in [1.29, 1.82) is 0 Å². The van der Waals surface area contributed by atoms with Gasteiger partial charge in [0.25, 0.3) is 0 Å². The third kappa shape index (κ3) is 4.90. The lowest BCUT2D eigenvalue weighted by Crippen LogP contribution is -2.52. The molecule has 1 saturated heterocycles. The van der Waals surface area contributed by atoms with Crippen LogP contribution in [-0.2, 0) is 4.79 Å². The third-order valence-corrected chi connectivity index (χ3v) is 4.76. The Labute approximate surface area is 128 Å². The molecule has 0 radical (unpaired) electrons. The molecule has 0 saturated carbocycles. The number of hydrogen-bond donors (Lipinski definition) is 2. The van der Waals surface area contributed by atoms with E-state index in [2.05, 4.69) is 26.1 Å². The number of likely N-dealkylation sites (tertiary alicyclic amines) is 1. The molecule has 122 valence electrons. The molecular weight excluding hydrogens is 268 g/mol. The van der Waals surface area contributed by atoms with Crippen LogP contribution in [0.15, 0.2) is 0 Å². The molecule has 0 spiro atoms. The summed E-state index contributed by atoms with van der Waals surface area (Å²) >= 11 is 0. The van der Waals surface area contributed by atoms with Gasteiger partial charge >= 0.3 is 12.0 Å². The molecule has 21 heavy (non-hydrogen) atoms. The highest BCUT2D eigenvalue weighted by Gasteiger charge is 2.32. The van der Waals surface area contributed by atoms with E-state index in [-0.39, 0.29) is 17.4 Å². The summed E-state index contributed by atoms with van der Waals surface area (Å²) in [6.45, 7) is 11.9. The van der Waals surface area contributed by atoms with Crippen LogP contribution in [0, 0.1) is 17.3 Å². The molecule has 2 N–H and O–H groups in total. The fourth-order valence-corrected chi connectivity index (χ4v) is 2.86. The van der Waals surface area contributed by atoms with Crippen LogP contribution in [0.5, 0.6) is 0 Å². The Kier molecular flexibility index (Phi) is 6.05. The van der Waals surface area contributed by atoms with Gasteiger partial charge in [0.05, 0.1) is 0 Å². The summed E-state index contributed by atoms with van der Waals surface area (Å²) < 4.78 is 0. The zero-order chi connectivity index (χ0) is 16.2. The number of amides is 2. The van der Waals surface area contributed by atoms with Gasteiger partial charge in [-0.15, -0.1) is 0 Å². The maximum absolute atomic E-state index is 12.2. The predicted molar refractivity (Wildman–Crippen MR) is 83.2 cm³/mol. The fourth-order valence-electron chi connectivity index (χ4n) is 2.86. The monoisotopic (exact) mass is 298 g/mol. The van der Waals surface area contributed by atoms with Crippen LogP contribution < -0.4 is 5.32 Å². The summed E-state index contributed by atoms with van der Waals surface area (Å²) in [5, 5.41) is 11.9. The number of hydrogen-bond acceptors (Lipinski definition) is 2. The zero-order valence-electron chi connectivity index (χ0n) is 14.0. The molecule has 0 aromatic rings. The van der Waals surface area contributed by atoms with Gasteiger partial charge in [0.15, 0.2) is 0 Å². The fraction of sp³-hybridized carbons (Fsp3) is 0.875. The van der Waals surface area contributed by atoms with E-state index in [0.717, 1.165) is 19.3 Å². The number of aliphatic carboxylic acids is 1. The van der Waals surface area contributed by atoms with Crippen LogP contribution in [0.1, 0.15) is 53.9 Å². The normalized spacial score (nSPS) is 20.0. The summed E-state index contributed by atoms with van der Waals surface area (Å²) in [7, 11) is 0. The summed E-state index contributed by atoms with van der Waals surface area (Å²) in [6.07, 6.45) is 2.69. The Morgan fingerprint density at radius 1 is 1.29 bits per heavy atom. The number of carbonyl (C=O) groups is 2. The van der Waals surface area contributed by atoms with Crippen molar-refractivity contribution in [3.05, 3.63) is 0 Å². The van der Waals surface area contributed by atoms with Gasteiger partial charge < -0.3 is 15.3 Å². The summed E-state index contributed by atoms with van der Waals surface area (Å²) in [5.41, 5.74) is 0.267. The SMILES string of the molecule is CCC(C)C(NC(=O)N1CCC(C(C)(C)C)CC1)C(=O)O. The zero-order valence-corrected chi connectivity index (χ0v) is 14.0. The molecule has 5 heteroatoms. The minimum absolute atomic E-state index is 0.0708. The van der Waals surface area contributed by atoms with E-state index < -0.39 is 12.0 Å². The molecule has 1 heterocycles. The lowest BCUT2D eigenvalue weighted by atomic mass is 9.75. The number of nitrogens with one attached hydrogen (secondary N) is 1. The van der Waals surface area contributed by atoms with Crippen molar-refractivity contribution in [2.75, 3.05) is 13.1 Å². The average molecular weight is 298 g/mol. The van der Waals surface area contributed by atoms with Crippen molar-refractivity contribution in [3.63, 3.8) is 0 Å². The maximum Gasteiger partial charge on any atom is 0.326 e. The predicted octanol–water partition coefficient (Wildman–Crippen LogP) is 2.95. The quantitative estimate of drug-likeness (QED) is 0.838. The topological polar surface area (TPSA) is 69.6 Å². The molecule has 2 atom stereocenters. The summed E-state index contributed by atoms with van der Waals surface area (Å²) in [4.78, 5) is 25.3. The van der Waals surface area contributed by atoms with Crippen LogP contribution in [0.4, 0.5) is 4.79 Å². The lowest BCUT2D eigenvalue weighted by molar-refractivity contribution is -0.140. The minimum Gasteiger partial charge on any atom is -0.480 e. The standard InChI is InChI=1S/C16H30N2O3/c1-6-11(2)13(14(19)20)17-15(21)18-9-7-12(8-10-18)16(3,4)5/h11-13H,6-10H2,1-5H3,(H,17,21)(H,19,20). The number of nitrogens with zero attached hydrogens (tertiary/aromatic N) is 1. The smallest absolute Gasteiger partial charge is 0.326 e. The van der Waals surface area contributed by atoms with E-state index >= 15 is 0 Å². The van der Waals surface area contributed by atoms with Crippen LogP contribution in [0.2, 0.25) is 0 Å². The molecular formula is C16H30N2O3. The molecule has 1 rings (SSSR count). The lowest BCUT2D eigenvalue weighted by Gasteiger charge is -2.39. The second-order valence-corrected chi connectivity index (χ2v) is 7.28. The summed E-state index contributed by atoms with van der Waals surface area (Å²) in [6, 6.07) is -1.04. The first-order chi connectivity index (χ1) is 9.66. The Morgan fingerprint density at radius 2 is 1.81 bits per heavy atom. The van der Waals surface area contributed by atoms with Crippen LogP contribution >= 0.6 is 0 Å². The highest BCUT2D eigenvalue weighted by atomic mass is 16.4. The Bertz CT molecular complexity index is 368. The second-order valence-electron chi connectivity index (χ2n) is 7.28. The van der Waals surface area contributed by atoms with E-state index in [0.29, 0.717) is 19.0 Å². The van der Waals surface area contributed by atoms with E-state index in [9.17, 15) is 14.7 Å². The van der Waals surface area contributed by atoms with E-state index in [1.54, 1.807) is 4.90 Å². The molecule has 0 aromatic carbocycles. The van der Waals surface area contributed by atoms with Gasteiger partial charge in [-0.1, -0.05) is 41.0 Å². The number of urea groups is 1. The van der Waals surface area contributed by atoms with Crippen LogP contribution in [0.25, 0.3) is 0 Å². The van der Waals surface area contributed by atoms with E-state index in [1.165, 1.54) is 0 Å². The van der Waals surface area contributed by atoms with Gasteiger partial charge in [-0.2, -0.15) is 0 Å². The van der Waals surface area contributed by atoms with Gasteiger partial charge in [-0.25, -0.2) is 9.59 Å². The molecule has 1 fully saturated rings. The van der Waals surface area contributed by atoms with Crippen molar-refractivity contribution in [1.82, 2.24) is 10.2 Å². The van der Waals surface area contributed by atoms with Crippen molar-refractivity contribution in [2.24, 2.45) is 17.3 Å². The van der Waals surface area contributed by atoms with E-state index in [1.807, 2.05) is 13.8 Å². The number of carbonyl (C=O) groups excluding carboxylic acids is 1. The van der Waals surface area contributed by atoms with Crippen molar-refractivity contribution in [2.45, 2.75) is 59.9 Å². The largest absolute Gasteiger partial charge is 0.480 e. The molecule has 1 aliphatic rings. The first kappa shape index (κ1) is 17.8. The number of carboxylic acids is 1. The number of piperidine rings is 1. The Morgan fingerprint density at radius 3 is 2.19 bits per heavy atom. The van der Waals surface area contributed by atoms with Gasteiger partial charge in [0.1, 0.15) is 6.04 Å². The highest BCUT2D eigenvalue weighted by Crippen LogP contribution is 2.34. The first-order valence-electron chi connectivity index (χ1n) is 7.95. The average Bonchev–Trinajstić information content (AvgIpc) is 2.42. The molecule has 2 unspecified atom stereocenters. The van der Waals surface area contributed by atoms with Gasteiger partial charge in [0.2, 0.25) is 0 Å². The highest BCUT2D eigenvalue weighted by molar-refractivity contribution is 5.82. The van der Waals surface area contributed by atoms with Gasteiger partial charge in [0, 0.05) is 13.1 Å². The van der Waals surface area contributed by atoms with Gasteiger partial charge in [-0.3, -0.25) is 0 Å².